The number of rotatable bonds is 3. The third kappa shape index (κ3) is 2.99. The molecule has 5 heteroatoms. The molecule has 1 fully saturated rings. The molecule has 3 aliphatic heterocycles. The van der Waals surface area contributed by atoms with Crippen molar-refractivity contribution < 1.29 is 14.3 Å². The number of ether oxygens (including phenoxy) is 2. The fourth-order valence-electron chi connectivity index (χ4n) is 4.79. The zero-order valence-electron chi connectivity index (χ0n) is 16.3. The van der Waals surface area contributed by atoms with Crippen LogP contribution in [-0.2, 0) is 11.2 Å². The molecule has 0 radical (unpaired) electrons. The molecule has 1 saturated heterocycles. The summed E-state index contributed by atoms with van der Waals surface area (Å²) in [6, 6.07) is 15.0. The molecule has 2 atom stereocenters. The van der Waals surface area contributed by atoms with E-state index in [1.54, 1.807) is 0 Å². The summed E-state index contributed by atoms with van der Waals surface area (Å²) in [4.78, 5) is 17.6. The van der Waals surface area contributed by atoms with E-state index < -0.39 is 0 Å². The molecule has 3 heterocycles. The molecule has 0 N–H and O–H groups in total. The zero-order chi connectivity index (χ0) is 19.1. The molecular weight excluding hydrogens is 352 g/mol. The monoisotopic (exact) mass is 378 g/mol. The largest absolute Gasteiger partial charge is 0.486 e. The van der Waals surface area contributed by atoms with Gasteiger partial charge in [0, 0.05) is 18.3 Å². The number of carbonyl (C=O) groups is 1. The number of hydrogen-bond acceptors (Lipinski definition) is 4. The lowest BCUT2D eigenvalue weighted by Crippen LogP contribution is -2.42. The van der Waals surface area contributed by atoms with Gasteiger partial charge in [-0.2, -0.15) is 0 Å². The molecule has 3 aliphatic rings. The second-order valence-electron chi connectivity index (χ2n) is 7.96. The van der Waals surface area contributed by atoms with Gasteiger partial charge in [0.15, 0.2) is 11.5 Å². The van der Waals surface area contributed by atoms with Crippen molar-refractivity contribution in [2.45, 2.75) is 38.3 Å². The van der Waals surface area contributed by atoms with Crippen molar-refractivity contribution in [2.75, 3.05) is 31.2 Å². The van der Waals surface area contributed by atoms with Crippen LogP contribution >= 0.6 is 0 Å². The Labute approximate surface area is 165 Å². The molecule has 146 valence electrons. The highest BCUT2D eigenvalue weighted by Crippen LogP contribution is 2.39. The third-order valence-corrected chi connectivity index (χ3v) is 6.18. The van der Waals surface area contributed by atoms with E-state index >= 15 is 0 Å². The molecule has 0 unspecified atom stereocenters. The van der Waals surface area contributed by atoms with Crippen LogP contribution in [0.2, 0.25) is 0 Å². The van der Waals surface area contributed by atoms with Gasteiger partial charge in [-0.05, 0) is 55.5 Å². The average molecular weight is 378 g/mol. The van der Waals surface area contributed by atoms with Crippen molar-refractivity contribution in [1.82, 2.24) is 4.90 Å². The summed E-state index contributed by atoms with van der Waals surface area (Å²) in [5.41, 5.74) is 3.69. The minimum atomic E-state index is 0.122. The van der Waals surface area contributed by atoms with Crippen LogP contribution in [0.3, 0.4) is 0 Å². The van der Waals surface area contributed by atoms with Crippen LogP contribution in [0.25, 0.3) is 0 Å². The molecule has 5 nitrogen and oxygen atoms in total. The molecule has 2 aromatic rings. The van der Waals surface area contributed by atoms with E-state index in [4.69, 9.17) is 9.47 Å². The van der Waals surface area contributed by atoms with Gasteiger partial charge in [-0.25, -0.2) is 0 Å². The van der Waals surface area contributed by atoms with Crippen molar-refractivity contribution in [2.24, 2.45) is 0 Å². The van der Waals surface area contributed by atoms with Crippen LogP contribution in [0.5, 0.6) is 11.5 Å². The summed E-state index contributed by atoms with van der Waals surface area (Å²) in [5, 5.41) is 0. The Morgan fingerprint density at radius 3 is 2.82 bits per heavy atom. The number of amides is 1. The van der Waals surface area contributed by atoms with Crippen LogP contribution in [0.4, 0.5) is 5.69 Å². The van der Waals surface area contributed by atoms with Gasteiger partial charge in [0.25, 0.3) is 0 Å². The van der Waals surface area contributed by atoms with Gasteiger partial charge in [0.05, 0.1) is 12.6 Å². The molecule has 0 aliphatic carbocycles. The average Bonchev–Trinajstić information content (AvgIpc) is 3.33. The highest BCUT2D eigenvalue weighted by Gasteiger charge is 2.34. The van der Waals surface area contributed by atoms with E-state index in [2.05, 4.69) is 53.1 Å². The number of para-hydroxylation sites is 1. The number of nitrogens with zero attached hydrogens (tertiary/aromatic N) is 2. The summed E-state index contributed by atoms with van der Waals surface area (Å²) in [5.74, 6) is 1.81. The Kier molecular flexibility index (Phi) is 4.38. The lowest BCUT2D eigenvalue weighted by molar-refractivity contribution is -0.130. The van der Waals surface area contributed by atoms with Gasteiger partial charge in [-0.3, -0.25) is 4.79 Å². The molecule has 1 amide bonds. The molecule has 0 bridgehead atoms. The van der Waals surface area contributed by atoms with Crippen molar-refractivity contribution in [3.8, 4) is 11.5 Å². The SMILES string of the molecule is C[C@H]1Cc2ccccc2N1CC(=O)N1CCC[C@H]1c1ccc2c(c1)OCCO2. The maximum atomic E-state index is 13.3. The molecule has 28 heavy (non-hydrogen) atoms. The van der Waals surface area contributed by atoms with Gasteiger partial charge < -0.3 is 19.3 Å². The fourth-order valence-corrected chi connectivity index (χ4v) is 4.79. The third-order valence-electron chi connectivity index (χ3n) is 6.18. The van der Waals surface area contributed by atoms with Crippen LogP contribution in [0.15, 0.2) is 42.5 Å². The van der Waals surface area contributed by atoms with E-state index in [0.29, 0.717) is 25.8 Å². The van der Waals surface area contributed by atoms with Crippen LogP contribution in [0, 0.1) is 0 Å². The molecule has 0 saturated carbocycles. The summed E-state index contributed by atoms with van der Waals surface area (Å²) in [6.45, 7) is 4.64. The van der Waals surface area contributed by atoms with Gasteiger partial charge in [-0.1, -0.05) is 24.3 Å². The first-order valence-corrected chi connectivity index (χ1v) is 10.2. The lowest BCUT2D eigenvalue weighted by atomic mass is 10.0. The van der Waals surface area contributed by atoms with Gasteiger partial charge in [0.2, 0.25) is 5.91 Å². The van der Waals surface area contributed by atoms with Gasteiger partial charge >= 0.3 is 0 Å². The normalized spacial score (nSPS) is 23.0. The number of benzene rings is 2. The van der Waals surface area contributed by atoms with Gasteiger partial charge in [0.1, 0.15) is 13.2 Å². The zero-order valence-corrected chi connectivity index (χ0v) is 16.3. The molecule has 0 spiro atoms. The summed E-state index contributed by atoms with van der Waals surface area (Å²) in [6.07, 6.45) is 3.05. The fraction of sp³-hybridized carbons (Fsp3) is 0.435. The summed E-state index contributed by atoms with van der Waals surface area (Å²) in [7, 11) is 0. The first-order chi connectivity index (χ1) is 13.7. The van der Waals surface area contributed by atoms with E-state index in [1.807, 2.05) is 6.07 Å². The van der Waals surface area contributed by atoms with Crippen molar-refractivity contribution in [3.05, 3.63) is 53.6 Å². The van der Waals surface area contributed by atoms with Gasteiger partial charge in [-0.15, -0.1) is 0 Å². The second kappa shape index (κ2) is 7.04. The Morgan fingerprint density at radius 2 is 1.93 bits per heavy atom. The molecule has 2 aromatic carbocycles. The van der Waals surface area contributed by atoms with Crippen LogP contribution in [-0.4, -0.2) is 43.2 Å². The number of anilines is 1. The predicted molar refractivity (Wildman–Crippen MR) is 108 cm³/mol. The molecule has 0 aromatic heterocycles. The first kappa shape index (κ1) is 17.4. The van der Waals surface area contributed by atoms with Crippen molar-refractivity contribution >= 4 is 11.6 Å². The Balaban J connectivity index is 1.35. The summed E-state index contributed by atoms with van der Waals surface area (Å²) < 4.78 is 11.4. The number of likely N-dealkylation sites (tertiary alicyclic amines) is 1. The molecular formula is C23H26N2O3. The second-order valence-corrected chi connectivity index (χ2v) is 7.96. The number of hydrogen-bond donors (Lipinski definition) is 0. The first-order valence-electron chi connectivity index (χ1n) is 10.2. The quantitative estimate of drug-likeness (QED) is 0.819. The minimum absolute atomic E-state index is 0.122. The van der Waals surface area contributed by atoms with Crippen molar-refractivity contribution in [1.29, 1.82) is 0 Å². The summed E-state index contributed by atoms with van der Waals surface area (Å²) >= 11 is 0. The predicted octanol–water partition coefficient (Wildman–Crippen LogP) is 3.57. The maximum Gasteiger partial charge on any atom is 0.242 e. The lowest BCUT2D eigenvalue weighted by Gasteiger charge is -2.31. The smallest absolute Gasteiger partial charge is 0.242 e. The van der Waals surface area contributed by atoms with Crippen LogP contribution < -0.4 is 14.4 Å². The number of fused-ring (bicyclic) bond motifs is 2. The number of carbonyl (C=O) groups excluding carboxylic acids is 1. The Hall–Kier alpha value is -2.69. The minimum Gasteiger partial charge on any atom is -0.486 e. The highest BCUT2D eigenvalue weighted by molar-refractivity contribution is 5.83. The highest BCUT2D eigenvalue weighted by atomic mass is 16.6. The van der Waals surface area contributed by atoms with E-state index in [0.717, 1.165) is 42.9 Å². The Morgan fingerprint density at radius 1 is 1.11 bits per heavy atom. The standard InChI is InChI=1S/C23H26N2O3/c1-16-13-17-5-2-3-6-20(17)25(16)15-23(26)24-10-4-7-19(24)18-8-9-21-22(14-18)28-12-11-27-21/h2-3,5-6,8-9,14,16,19H,4,7,10-13,15H2,1H3/t16-,19-/m0/s1. The molecule has 5 rings (SSSR count). The van der Waals surface area contributed by atoms with Crippen LogP contribution in [0.1, 0.15) is 36.9 Å². The Bertz CT molecular complexity index is 897. The van der Waals surface area contributed by atoms with E-state index in [-0.39, 0.29) is 11.9 Å². The van der Waals surface area contributed by atoms with E-state index in [9.17, 15) is 4.79 Å². The maximum absolute atomic E-state index is 13.3. The van der Waals surface area contributed by atoms with Crippen molar-refractivity contribution in [3.63, 3.8) is 0 Å². The topological polar surface area (TPSA) is 42.0 Å². The van der Waals surface area contributed by atoms with E-state index in [1.165, 1.54) is 11.3 Å².